The first kappa shape index (κ1) is 16.7. The van der Waals surface area contributed by atoms with Crippen LogP contribution in [0.25, 0.3) is 0 Å². The fraction of sp³-hybridized carbons (Fsp3) is 0.500. The standard InChI is InChI=1S/C14H21NO4S/c1-11(2)10-20(18,19)15-13(14(16)17)9-8-12-6-4-3-5-7-12/h3-7,11,13,15H,8-10H2,1-2H3,(H,16,17)/t13-/m0/s1. The van der Waals surface area contributed by atoms with Crippen LogP contribution < -0.4 is 4.72 Å². The number of aryl methyl sites for hydroxylation is 1. The topological polar surface area (TPSA) is 83.5 Å². The average Bonchev–Trinajstić information content (AvgIpc) is 2.33. The molecule has 0 amide bonds. The van der Waals surface area contributed by atoms with Gasteiger partial charge in [-0.25, -0.2) is 13.1 Å². The highest BCUT2D eigenvalue weighted by molar-refractivity contribution is 7.89. The first-order valence-corrected chi connectivity index (χ1v) is 8.22. The Kier molecular flexibility index (Phi) is 6.16. The second-order valence-corrected chi connectivity index (χ2v) is 7.01. The zero-order chi connectivity index (χ0) is 15.2. The van der Waals surface area contributed by atoms with E-state index >= 15 is 0 Å². The normalized spacial score (nSPS) is 13.3. The largest absolute Gasteiger partial charge is 0.480 e. The minimum atomic E-state index is -3.56. The van der Waals surface area contributed by atoms with Gasteiger partial charge in [-0.2, -0.15) is 0 Å². The van der Waals surface area contributed by atoms with E-state index in [4.69, 9.17) is 5.11 Å². The number of hydrogen-bond acceptors (Lipinski definition) is 3. The zero-order valence-corrected chi connectivity index (χ0v) is 12.6. The molecule has 0 fully saturated rings. The second kappa shape index (κ2) is 7.40. The van der Waals surface area contributed by atoms with Crippen molar-refractivity contribution in [1.82, 2.24) is 4.72 Å². The van der Waals surface area contributed by atoms with Gasteiger partial charge < -0.3 is 5.11 Å². The fourth-order valence-electron chi connectivity index (χ4n) is 1.89. The molecule has 112 valence electrons. The van der Waals surface area contributed by atoms with Crippen LogP contribution in [-0.4, -0.2) is 31.3 Å². The lowest BCUT2D eigenvalue weighted by atomic mass is 10.1. The summed E-state index contributed by atoms with van der Waals surface area (Å²) in [6.07, 6.45) is 0.749. The Morgan fingerprint density at radius 1 is 1.25 bits per heavy atom. The van der Waals surface area contributed by atoms with Crippen molar-refractivity contribution in [3.8, 4) is 0 Å². The van der Waals surface area contributed by atoms with Gasteiger partial charge in [0.05, 0.1) is 5.75 Å². The molecule has 0 aliphatic carbocycles. The molecule has 1 atom stereocenters. The third kappa shape index (κ3) is 6.16. The molecule has 0 radical (unpaired) electrons. The molecule has 5 nitrogen and oxygen atoms in total. The third-order valence-electron chi connectivity index (χ3n) is 2.74. The highest BCUT2D eigenvalue weighted by Gasteiger charge is 2.24. The van der Waals surface area contributed by atoms with Gasteiger partial charge in [-0.3, -0.25) is 4.79 Å². The smallest absolute Gasteiger partial charge is 0.321 e. The molecule has 0 saturated heterocycles. The molecular formula is C14H21NO4S. The van der Waals surface area contributed by atoms with E-state index in [-0.39, 0.29) is 18.1 Å². The van der Waals surface area contributed by atoms with Gasteiger partial charge in [0.2, 0.25) is 10.0 Å². The number of carbonyl (C=O) groups is 1. The molecule has 2 N–H and O–H groups in total. The van der Waals surface area contributed by atoms with Gasteiger partial charge >= 0.3 is 5.97 Å². The van der Waals surface area contributed by atoms with Crippen LogP contribution in [0.15, 0.2) is 30.3 Å². The van der Waals surface area contributed by atoms with Crippen LogP contribution >= 0.6 is 0 Å². The van der Waals surface area contributed by atoms with E-state index in [2.05, 4.69) is 4.72 Å². The van der Waals surface area contributed by atoms with Crippen molar-refractivity contribution < 1.29 is 18.3 Å². The van der Waals surface area contributed by atoms with Gasteiger partial charge in [0.1, 0.15) is 6.04 Å². The summed E-state index contributed by atoms with van der Waals surface area (Å²) in [5, 5.41) is 9.12. The fourth-order valence-corrected chi connectivity index (χ4v) is 3.52. The molecule has 1 aromatic rings. The molecule has 0 spiro atoms. The van der Waals surface area contributed by atoms with E-state index in [0.29, 0.717) is 6.42 Å². The minimum absolute atomic E-state index is 0.0453. The Labute approximate surface area is 120 Å². The first-order chi connectivity index (χ1) is 9.30. The SMILES string of the molecule is CC(C)CS(=O)(=O)N[C@@H](CCc1ccccc1)C(=O)O. The van der Waals surface area contributed by atoms with Gasteiger partial charge in [-0.15, -0.1) is 0 Å². The van der Waals surface area contributed by atoms with Gasteiger partial charge in [0, 0.05) is 0 Å². The van der Waals surface area contributed by atoms with Crippen molar-refractivity contribution in [2.75, 3.05) is 5.75 Å². The summed E-state index contributed by atoms with van der Waals surface area (Å²) in [7, 11) is -3.56. The van der Waals surface area contributed by atoms with E-state index in [0.717, 1.165) is 5.56 Å². The molecule has 0 heterocycles. The molecule has 20 heavy (non-hydrogen) atoms. The molecule has 1 aromatic carbocycles. The molecule has 0 aliphatic rings. The quantitative estimate of drug-likeness (QED) is 0.764. The van der Waals surface area contributed by atoms with E-state index in [1.807, 2.05) is 30.3 Å². The molecule has 0 bridgehead atoms. The predicted octanol–water partition coefficient (Wildman–Crippen LogP) is 1.65. The summed E-state index contributed by atoms with van der Waals surface area (Å²) < 4.78 is 25.9. The van der Waals surface area contributed by atoms with E-state index in [1.165, 1.54) is 0 Å². The number of rotatable bonds is 8. The predicted molar refractivity (Wildman–Crippen MR) is 77.9 cm³/mol. The Hall–Kier alpha value is -1.40. The van der Waals surface area contributed by atoms with Gasteiger partial charge in [0.25, 0.3) is 0 Å². The maximum atomic E-state index is 11.8. The maximum absolute atomic E-state index is 11.8. The van der Waals surface area contributed by atoms with Crippen molar-refractivity contribution >= 4 is 16.0 Å². The van der Waals surface area contributed by atoms with Crippen LogP contribution in [0.3, 0.4) is 0 Å². The van der Waals surface area contributed by atoms with Crippen molar-refractivity contribution in [2.45, 2.75) is 32.7 Å². The lowest BCUT2D eigenvalue weighted by molar-refractivity contribution is -0.139. The number of hydrogen-bond donors (Lipinski definition) is 2. The summed E-state index contributed by atoms with van der Waals surface area (Å²) >= 11 is 0. The van der Waals surface area contributed by atoms with E-state index < -0.39 is 22.0 Å². The number of aliphatic carboxylic acids is 1. The zero-order valence-electron chi connectivity index (χ0n) is 11.7. The van der Waals surface area contributed by atoms with Crippen molar-refractivity contribution in [3.63, 3.8) is 0 Å². The van der Waals surface area contributed by atoms with Crippen LogP contribution in [0.5, 0.6) is 0 Å². The summed E-state index contributed by atoms with van der Waals surface area (Å²) in [4.78, 5) is 11.2. The third-order valence-corrected chi connectivity index (χ3v) is 4.49. The molecule has 0 saturated carbocycles. The summed E-state index contributed by atoms with van der Waals surface area (Å²) in [6, 6.07) is 8.31. The average molecular weight is 299 g/mol. The summed E-state index contributed by atoms with van der Waals surface area (Å²) in [5.41, 5.74) is 0.988. The van der Waals surface area contributed by atoms with Gasteiger partial charge in [0.15, 0.2) is 0 Å². The number of nitrogens with one attached hydrogen (secondary N) is 1. The van der Waals surface area contributed by atoms with Crippen LogP contribution in [0.2, 0.25) is 0 Å². The highest BCUT2D eigenvalue weighted by Crippen LogP contribution is 2.07. The van der Waals surface area contributed by atoms with E-state index in [9.17, 15) is 13.2 Å². The summed E-state index contributed by atoms with van der Waals surface area (Å²) in [6.45, 7) is 3.55. The molecule has 6 heteroatoms. The molecule has 0 aromatic heterocycles. The summed E-state index contributed by atoms with van der Waals surface area (Å²) in [5.74, 6) is -1.26. The van der Waals surface area contributed by atoms with Crippen LogP contribution in [0, 0.1) is 5.92 Å². The lowest BCUT2D eigenvalue weighted by Gasteiger charge is -2.15. The van der Waals surface area contributed by atoms with Gasteiger partial charge in [-0.05, 0) is 24.3 Å². The Morgan fingerprint density at radius 3 is 2.35 bits per heavy atom. The van der Waals surface area contributed by atoms with Crippen LogP contribution in [0.4, 0.5) is 0 Å². The van der Waals surface area contributed by atoms with Crippen molar-refractivity contribution in [1.29, 1.82) is 0 Å². The van der Waals surface area contributed by atoms with E-state index in [1.54, 1.807) is 13.8 Å². The Bertz CT molecular complexity index is 525. The monoisotopic (exact) mass is 299 g/mol. The van der Waals surface area contributed by atoms with Gasteiger partial charge in [-0.1, -0.05) is 44.2 Å². The molecule has 0 aliphatic heterocycles. The number of sulfonamides is 1. The molecule has 1 rings (SSSR count). The number of benzene rings is 1. The Balaban J connectivity index is 2.64. The molecule has 0 unspecified atom stereocenters. The maximum Gasteiger partial charge on any atom is 0.321 e. The Morgan fingerprint density at radius 2 is 1.85 bits per heavy atom. The van der Waals surface area contributed by atoms with Crippen LogP contribution in [-0.2, 0) is 21.2 Å². The molecular weight excluding hydrogens is 278 g/mol. The lowest BCUT2D eigenvalue weighted by Crippen LogP contribution is -2.42. The number of carboxylic acid groups (broad SMARTS) is 1. The van der Waals surface area contributed by atoms with Crippen molar-refractivity contribution in [2.24, 2.45) is 5.92 Å². The second-order valence-electron chi connectivity index (χ2n) is 5.21. The number of carboxylic acids is 1. The highest BCUT2D eigenvalue weighted by atomic mass is 32.2. The van der Waals surface area contributed by atoms with Crippen LogP contribution in [0.1, 0.15) is 25.8 Å². The minimum Gasteiger partial charge on any atom is -0.480 e. The van der Waals surface area contributed by atoms with Crippen molar-refractivity contribution in [3.05, 3.63) is 35.9 Å². The first-order valence-electron chi connectivity index (χ1n) is 6.57.